The fourth-order valence-electron chi connectivity index (χ4n) is 12.6. The molecule has 0 radical (unpaired) electrons. The summed E-state index contributed by atoms with van der Waals surface area (Å²) in [7, 11) is 0. The van der Waals surface area contributed by atoms with Crippen molar-refractivity contribution in [2.24, 2.45) is 58.2 Å². The first-order chi connectivity index (χ1) is 30.4. The molecule has 0 bridgehead atoms. The zero-order valence-electron chi connectivity index (χ0n) is 41.4. The van der Waals surface area contributed by atoms with Crippen molar-refractivity contribution in [3.8, 4) is 0 Å². The zero-order chi connectivity index (χ0) is 46.6. The van der Waals surface area contributed by atoms with E-state index in [1.165, 1.54) is 57.8 Å². The number of carbonyl (C=O) groups is 4. The van der Waals surface area contributed by atoms with E-state index in [1.54, 1.807) is 29.8 Å². The Hall–Kier alpha value is -3.24. The lowest BCUT2D eigenvalue weighted by Gasteiger charge is -2.58. The van der Waals surface area contributed by atoms with Crippen LogP contribution in [0.2, 0.25) is 0 Å². The molecule has 0 heterocycles. The second-order valence-electron chi connectivity index (χ2n) is 22.4. The summed E-state index contributed by atoms with van der Waals surface area (Å²) in [5.74, 6) is 4.11. The normalized spacial score (nSPS) is 27.8. The first kappa shape index (κ1) is 51.7. The van der Waals surface area contributed by atoms with Gasteiger partial charge in [0.2, 0.25) is 23.6 Å². The quantitative estimate of drug-likeness (QED) is 0.0516. The number of ether oxygens (including phenoxy) is 1. The third-order valence-electron chi connectivity index (χ3n) is 16.3. The first-order valence-electron chi connectivity index (χ1n) is 25.6. The van der Waals surface area contributed by atoms with Crippen molar-refractivity contribution < 1.29 is 29.0 Å². The fourth-order valence-corrected chi connectivity index (χ4v) is 12.6. The monoisotopic (exact) mass is 889 g/mol. The highest BCUT2D eigenvalue weighted by molar-refractivity contribution is 5.98. The van der Waals surface area contributed by atoms with Crippen LogP contribution < -0.4 is 21.3 Å². The fraction of sp³-hybridized carbons (Fsp3) is 0.778. The van der Waals surface area contributed by atoms with E-state index < -0.39 is 18.0 Å². The van der Waals surface area contributed by atoms with Crippen LogP contribution in [0, 0.1) is 58.2 Å². The van der Waals surface area contributed by atoms with Gasteiger partial charge < -0.3 is 31.1 Å². The van der Waals surface area contributed by atoms with Crippen LogP contribution in [0.3, 0.4) is 0 Å². The van der Waals surface area contributed by atoms with Gasteiger partial charge in [0.25, 0.3) is 0 Å². The number of benzene rings is 1. The number of fused-ring (bicyclic) bond motifs is 5. The van der Waals surface area contributed by atoms with E-state index in [2.05, 4.69) is 75.8 Å². The molecule has 4 aliphatic rings. The maximum atomic E-state index is 13.6. The minimum Gasteiger partial charge on any atom is -0.392 e. The van der Waals surface area contributed by atoms with Crippen LogP contribution in [0.1, 0.15) is 177 Å². The summed E-state index contributed by atoms with van der Waals surface area (Å²) >= 11 is 0. The molecule has 4 aliphatic carbocycles. The number of nitrogens with one attached hydrogen (secondary N) is 4. The molecule has 0 spiro atoms. The number of allylic oxidation sites excluding steroid dienone is 1. The summed E-state index contributed by atoms with van der Waals surface area (Å²) in [5.41, 5.74) is 3.74. The topological polar surface area (TPSA) is 146 Å². The van der Waals surface area contributed by atoms with E-state index in [0.717, 1.165) is 53.9 Å². The van der Waals surface area contributed by atoms with E-state index in [-0.39, 0.29) is 49.2 Å². The molecular weight excluding hydrogens is 801 g/mol. The van der Waals surface area contributed by atoms with Gasteiger partial charge in [-0.05, 0) is 153 Å². The van der Waals surface area contributed by atoms with Gasteiger partial charge in [-0.15, -0.1) is 0 Å². The Morgan fingerprint density at radius 1 is 0.750 bits per heavy atom. The molecular formula is C54H88N4O6. The Kier molecular flexibility index (Phi) is 19.4. The van der Waals surface area contributed by atoms with Gasteiger partial charge in [-0.2, -0.15) is 0 Å². The summed E-state index contributed by atoms with van der Waals surface area (Å²) in [6, 6.07) is 5.25. The second-order valence-corrected chi connectivity index (χ2v) is 22.4. The van der Waals surface area contributed by atoms with E-state index in [4.69, 9.17) is 4.74 Å². The van der Waals surface area contributed by atoms with Gasteiger partial charge in [0, 0.05) is 31.7 Å². The number of carbonyl (C=O) groups excluding carboxylic acids is 4. The number of anilines is 1. The predicted molar refractivity (Wildman–Crippen MR) is 258 cm³/mol. The Balaban J connectivity index is 1.02. The molecule has 64 heavy (non-hydrogen) atoms. The van der Waals surface area contributed by atoms with Crippen LogP contribution in [0.25, 0.3) is 0 Å². The molecule has 0 aromatic heterocycles. The Morgan fingerprint density at radius 2 is 1.47 bits per heavy atom. The maximum absolute atomic E-state index is 13.6. The Morgan fingerprint density at radius 3 is 2.16 bits per heavy atom. The van der Waals surface area contributed by atoms with E-state index in [9.17, 15) is 24.3 Å². The molecule has 1 aromatic rings. The lowest BCUT2D eigenvalue weighted by Crippen LogP contribution is -2.53. The summed E-state index contributed by atoms with van der Waals surface area (Å²) in [6.07, 6.45) is 19.4. The largest absolute Gasteiger partial charge is 0.392 e. The van der Waals surface area contributed by atoms with Gasteiger partial charge in [0.05, 0.1) is 12.7 Å². The third kappa shape index (κ3) is 13.9. The van der Waals surface area contributed by atoms with Crippen LogP contribution in [-0.2, 0) is 30.5 Å². The summed E-state index contributed by atoms with van der Waals surface area (Å²) in [4.78, 5) is 52.8. The van der Waals surface area contributed by atoms with Gasteiger partial charge in [-0.3, -0.25) is 19.2 Å². The lowest BCUT2D eigenvalue weighted by molar-refractivity contribution is -0.132. The minimum atomic E-state index is -0.832. The van der Waals surface area contributed by atoms with Gasteiger partial charge in [0.1, 0.15) is 12.1 Å². The predicted octanol–water partition coefficient (Wildman–Crippen LogP) is 10.3. The summed E-state index contributed by atoms with van der Waals surface area (Å²) in [6.45, 7) is 21.6. The second kappa shape index (κ2) is 24.0. The number of rotatable bonds is 24. The molecule has 5 N–H and O–H groups in total. The van der Waals surface area contributed by atoms with Crippen molar-refractivity contribution >= 4 is 29.3 Å². The molecule has 10 unspecified atom stereocenters. The number of hydrogen-bond acceptors (Lipinski definition) is 6. The van der Waals surface area contributed by atoms with Gasteiger partial charge in [-0.25, -0.2) is 0 Å². The van der Waals surface area contributed by atoms with Crippen molar-refractivity contribution in [1.29, 1.82) is 0 Å². The molecule has 3 saturated carbocycles. The summed E-state index contributed by atoms with van der Waals surface area (Å²) in [5, 5.41) is 20.9. The molecule has 0 saturated heterocycles. The number of aliphatic hydroxyl groups excluding tert-OH is 1. The molecule has 5 rings (SSSR count). The van der Waals surface area contributed by atoms with Crippen LogP contribution in [-0.4, -0.2) is 60.1 Å². The molecule has 0 aliphatic heterocycles. The zero-order valence-corrected chi connectivity index (χ0v) is 41.4. The van der Waals surface area contributed by atoms with Crippen molar-refractivity contribution in [2.45, 2.75) is 196 Å². The standard InChI is InChI=1S/C54H88N4O6/c1-35(2)12-10-13-38(7)44-21-22-45-43-20-17-40-33-42(26-28-53(40,8)46(43)27-29-54(44,45)9)64-31-11-30-55-49(60)24-25-50(61)57-47(23-14-36(3)4)51(62)58-48(32-37(5)6)52(63)56-41-18-15-39(34-59)16-19-41/h15-19,35-38,42-48,59H,10-14,20-34H2,1-9H3,(H,55,60)(H,56,63)(H,57,61)(H,58,62). The average Bonchev–Trinajstić information content (AvgIpc) is 3.61. The smallest absolute Gasteiger partial charge is 0.246 e. The van der Waals surface area contributed by atoms with Crippen LogP contribution in [0.5, 0.6) is 0 Å². The molecule has 10 heteroatoms. The van der Waals surface area contributed by atoms with Crippen molar-refractivity contribution in [2.75, 3.05) is 18.5 Å². The van der Waals surface area contributed by atoms with Crippen LogP contribution >= 0.6 is 0 Å². The average molecular weight is 889 g/mol. The molecule has 3 fully saturated rings. The highest BCUT2D eigenvalue weighted by Gasteiger charge is 2.59. The van der Waals surface area contributed by atoms with Crippen molar-refractivity contribution in [3.05, 3.63) is 41.5 Å². The Labute approximate surface area is 387 Å². The molecule has 10 nitrogen and oxygen atoms in total. The molecule has 1 aromatic carbocycles. The van der Waals surface area contributed by atoms with Crippen molar-refractivity contribution in [1.82, 2.24) is 16.0 Å². The van der Waals surface area contributed by atoms with E-state index in [0.29, 0.717) is 61.3 Å². The number of amides is 4. The van der Waals surface area contributed by atoms with Crippen molar-refractivity contribution in [3.63, 3.8) is 0 Å². The molecule has 10 atom stereocenters. The number of hydrogen-bond donors (Lipinski definition) is 5. The SMILES string of the molecule is CC(C)CCCC(C)C1CCC2C3CC=C4CC(OCCCNC(=O)CCC(=O)NC(CCC(C)C)C(=O)NC(CC(C)C)C(=O)Nc5ccc(CO)cc5)CCC4(C)C3CCC12C. The Bertz CT molecular complexity index is 1710. The van der Waals surface area contributed by atoms with E-state index in [1.807, 2.05) is 13.8 Å². The van der Waals surface area contributed by atoms with E-state index >= 15 is 0 Å². The minimum absolute atomic E-state index is 0.0220. The maximum Gasteiger partial charge on any atom is 0.246 e. The molecule has 4 amide bonds. The highest BCUT2D eigenvalue weighted by Crippen LogP contribution is 2.67. The van der Waals surface area contributed by atoms with Gasteiger partial charge >= 0.3 is 0 Å². The summed E-state index contributed by atoms with van der Waals surface area (Å²) < 4.78 is 6.45. The molecule has 360 valence electrons. The van der Waals surface area contributed by atoms with Gasteiger partial charge in [-0.1, -0.05) is 105 Å². The third-order valence-corrected chi connectivity index (χ3v) is 16.3. The van der Waals surface area contributed by atoms with Crippen LogP contribution in [0.15, 0.2) is 35.9 Å². The highest BCUT2D eigenvalue weighted by atomic mass is 16.5. The first-order valence-corrected chi connectivity index (χ1v) is 25.6. The number of aliphatic hydroxyl groups is 1. The van der Waals surface area contributed by atoms with Gasteiger partial charge in [0.15, 0.2) is 0 Å². The lowest BCUT2D eigenvalue weighted by atomic mass is 9.47. The van der Waals surface area contributed by atoms with Crippen LogP contribution in [0.4, 0.5) is 5.69 Å².